The Morgan fingerprint density at radius 2 is 2.12 bits per heavy atom. The molecule has 1 fully saturated rings. The van der Waals surface area contributed by atoms with Gasteiger partial charge in [-0.15, -0.1) is 0 Å². The third-order valence-electron chi connectivity index (χ3n) is 2.73. The van der Waals surface area contributed by atoms with Gasteiger partial charge in [0.1, 0.15) is 7.85 Å². The number of carbonyl (C=O) groups is 2. The molecule has 1 unspecified atom stereocenters. The summed E-state index contributed by atoms with van der Waals surface area (Å²) in [6, 6.07) is -0.600. The van der Waals surface area contributed by atoms with Crippen molar-refractivity contribution in [2.45, 2.75) is 50.6 Å². The first-order valence-corrected chi connectivity index (χ1v) is 5.66. The fraction of sp³-hybridized carbons (Fsp3) is 0.800. The molecule has 1 heterocycles. The van der Waals surface area contributed by atoms with Gasteiger partial charge >= 0.3 is 11.9 Å². The number of carbonyl (C=O) groups excluding carboxylic acids is 1. The van der Waals surface area contributed by atoms with E-state index in [2.05, 4.69) is 0 Å². The van der Waals surface area contributed by atoms with E-state index in [4.69, 9.17) is 14.6 Å². The smallest absolute Gasteiger partial charge is 0.306 e. The molecule has 0 amide bonds. The SMILES string of the molecule is B[C@@H]1O[C@H](CC)[C@H](OC(=O)CCC(=O)O)C1F. The van der Waals surface area contributed by atoms with Crippen LogP contribution < -0.4 is 0 Å². The van der Waals surface area contributed by atoms with E-state index in [1.807, 2.05) is 6.92 Å². The second kappa shape index (κ2) is 6.00. The number of rotatable bonds is 5. The maximum absolute atomic E-state index is 13.7. The molecule has 96 valence electrons. The lowest BCUT2D eigenvalue weighted by Crippen LogP contribution is -2.34. The normalized spacial score (nSPS) is 32.4. The number of ether oxygens (including phenoxy) is 2. The first kappa shape index (κ1) is 14.0. The molecular formula is C10H16BFO5. The van der Waals surface area contributed by atoms with Crippen LogP contribution in [0.25, 0.3) is 0 Å². The predicted octanol–water partition coefficient (Wildman–Crippen LogP) is -0.131. The Hall–Kier alpha value is -1.11. The van der Waals surface area contributed by atoms with Crippen molar-refractivity contribution >= 4 is 19.8 Å². The predicted molar refractivity (Wildman–Crippen MR) is 59.1 cm³/mol. The Morgan fingerprint density at radius 3 is 2.65 bits per heavy atom. The minimum atomic E-state index is -1.35. The monoisotopic (exact) mass is 246 g/mol. The Morgan fingerprint density at radius 1 is 1.47 bits per heavy atom. The molecule has 0 spiro atoms. The first-order valence-electron chi connectivity index (χ1n) is 5.66. The number of halogens is 1. The zero-order chi connectivity index (χ0) is 13.0. The molecule has 1 aliphatic heterocycles. The molecule has 1 saturated heterocycles. The lowest BCUT2D eigenvalue weighted by atomic mass is 9.94. The Labute approximate surface area is 99.7 Å². The lowest BCUT2D eigenvalue weighted by molar-refractivity contribution is -0.156. The van der Waals surface area contributed by atoms with Gasteiger partial charge in [-0.2, -0.15) is 0 Å². The zero-order valence-electron chi connectivity index (χ0n) is 9.89. The summed E-state index contributed by atoms with van der Waals surface area (Å²) in [5.74, 6) is -1.78. The third-order valence-corrected chi connectivity index (χ3v) is 2.73. The Balaban J connectivity index is 2.48. The summed E-state index contributed by atoms with van der Waals surface area (Å²) in [6.07, 6.45) is -2.74. The fourth-order valence-corrected chi connectivity index (χ4v) is 1.79. The summed E-state index contributed by atoms with van der Waals surface area (Å²) in [4.78, 5) is 21.6. The number of alkyl halides is 1. The maximum Gasteiger partial charge on any atom is 0.306 e. The van der Waals surface area contributed by atoms with Crippen LogP contribution in [0.3, 0.4) is 0 Å². The summed E-state index contributed by atoms with van der Waals surface area (Å²) in [5.41, 5.74) is 0. The van der Waals surface area contributed by atoms with E-state index in [1.54, 1.807) is 7.85 Å². The quantitative estimate of drug-likeness (QED) is 0.540. The van der Waals surface area contributed by atoms with Crippen molar-refractivity contribution in [2.24, 2.45) is 0 Å². The van der Waals surface area contributed by atoms with Gasteiger partial charge in [-0.3, -0.25) is 9.59 Å². The van der Waals surface area contributed by atoms with Crippen molar-refractivity contribution in [3.8, 4) is 0 Å². The van der Waals surface area contributed by atoms with Gasteiger partial charge in [-0.05, 0) is 6.42 Å². The van der Waals surface area contributed by atoms with E-state index >= 15 is 0 Å². The fourth-order valence-electron chi connectivity index (χ4n) is 1.79. The van der Waals surface area contributed by atoms with E-state index in [0.717, 1.165) is 0 Å². The molecule has 0 radical (unpaired) electrons. The van der Waals surface area contributed by atoms with Gasteiger partial charge in [0.2, 0.25) is 0 Å². The van der Waals surface area contributed by atoms with Crippen molar-refractivity contribution in [3.05, 3.63) is 0 Å². The zero-order valence-corrected chi connectivity index (χ0v) is 9.89. The minimum absolute atomic E-state index is 0.247. The number of carboxylic acid groups (broad SMARTS) is 1. The van der Waals surface area contributed by atoms with E-state index in [0.29, 0.717) is 6.42 Å². The molecule has 0 aromatic heterocycles. The molecule has 5 nitrogen and oxygen atoms in total. The average molecular weight is 246 g/mol. The highest BCUT2D eigenvalue weighted by Crippen LogP contribution is 2.27. The van der Waals surface area contributed by atoms with Crippen LogP contribution in [-0.4, -0.2) is 49.3 Å². The maximum atomic E-state index is 13.7. The van der Waals surface area contributed by atoms with Crippen LogP contribution in [0.5, 0.6) is 0 Å². The molecule has 0 aromatic rings. The Kier molecular flexibility index (Phi) is 4.93. The molecule has 1 N–H and O–H groups in total. The average Bonchev–Trinajstić information content (AvgIpc) is 2.54. The second-order valence-corrected chi connectivity index (χ2v) is 4.08. The van der Waals surface area contributed by atoms with Gasteiger partial charge in [0.05, 0.1) is 24.9 Å². The minimum Gasteiger partial charge on any atom is -0.481 e. The Bertz CT molecular complexity index is 298. The van der Waals surface area contributed by atoms with Crippen LogP contribution in [0, 0.1) is 0 Å². The highest BCUT2D eigenvalue weighted by Gasteiger charge is 2.44. The number of esters is 1. The molecular weight excluding hydrogens is 230 g/mol. The first-order chi connectivity index (χ1) is 7.95. The van der Waals surface area contributed by atoms with Crippen molar-refractivity contribution in [1.29, 1.82) is 0 Å². The van der Waals surface area contributed by atoms with E-state index in [-0.39, 0.29) is 12.8 Å². The molecule has 1 rings (SSSR count). The number of aliphatic carboxylic acids is 1. The topological polar surface area (TPSA) is 72.8 Å². The molecule has 0 aromatic carbocycles. The van der Waals surface area contributed by atoms with E-state index in [9.17, 15) is 14.0 Å². The third kappa shape index (κ3) is 3.69. The van der Waals surface area contributed by atoms with Crippen molar-refractivity contribution in [2.75, 3.05) is 0 Å². The van der Waals surface area contributed by atoms with Gasteiger partial charge in [0, 0.05) is 0 Å². The number of hydrogen-bond acceptors (Lipinski definition) is 4. The highest BCUT2D eigenvalue weighted by atomic mass is 19.1. The summed E-state index contributed by atoms with van der Waals surface area (Å²) < 4.78 is 23.9. The molecule has 0 saturated carbocycles. The molecule has 17 heavy (non-hydrogen) atoms. The van der Waals surface area contributed by atoms with Gasteiger partial charge in [-0.25, -0.2) is 4.39 Å². The van der Waals surface area contributed by atoms with Crippen LogP contribution in [0.1, 0.15) is 26.2 Å². The van der Waals surface area contributed by atoms with Crippen LogP contribution in [0.2, 0.25) is 0 Å². The molecule has 1 aliphatic rings. The van der Waals surface area contributed by atoms with Gasteiger partial charge in [-0.1, -0.05) is 6.92 Å². The van der Waals surface area contributed by atoms with E-state index < -0.39 is 36.3 Å². The van der Waals surface area contributed by atoms with Gasteiger partial charge < -0.3 is 14.6 Å². The summed E-state index contributed by atoms with van der Waals surface area (Å²) in [6.45, 7) is 1.81. The highest BCUT2D eigenvalue weighted by molar-refractivity contribution is 6.11. The molecule has 0 bridgehead atoms. The largest absolute Gasteiger partial charge is 0.481 e. The van der Waals surface area contributed by atoms with Crippen LogP contribution in [0.4, 0.5) is 4.39 Å². The molecule has 7 heteroatoms. The standard InChI is InChI=1S/C10H16BFO5/c1-2-5-9(8(12)10(11)16-5)17-7(15)4-3-6(13)14/h5,8-10H,2-4,11H2,1H3,(H,13,14)/t5-,8?,9+,10-/m1/s1. The van der Waals surface area contributed by atoms with Gasteiger partial charge in [0.15, 0.2) is 12.3 Å². The van der Waals surface area contributed by atoms with Crippen LogP contribution in [0.15, 0.2) is 0 Å². The number of carboxylic acids is 1. The molecule has 0 aliphatic carbocycles. The summed E-state index contributed by atoms with van der Waals surface area (Å²) in [5, 5.41) is 8.41. The summed E-state index contributed by atoms with van der Waals surface area (Å²) in [7, 11) is 1.58. The molecule has 4 atom stereocenters. The second-order valence-electron chi connectivity index (χ2n) is 4.08. The van der Waals surface area contributed by atoms with Crippen LogP contribution in [-0.2, 0) is 19.1 Å². The lowest BCUT2D eigenvalue weighted by Gasteiger charge is -2.18. The number of hydrogen-bond donors (Lipinski definition) is 1. The van der Waals surface area contributed by atoms with Crippen molar-refractivity contribution < 1.29 is 28.6 Å². The summed E-state index contributed by atoms with van der Waals surface area (Å²) >= 11 is 0. The van der Waals surface area contributed by atoms with Crippen LogP contribution >= 0.6 is 0 Å². The van der Waals surface area contributed by atoms with Gasteiger partial charge in [0.25, 0.3) is 0 Å². The van der Waals surface area contributed by atoms with E-state index in [1.165, 1.54) is 0 Å². The van der Waals surface area contributed by atoms with Crippen molar-refractivity contribution in [1.82, 2.24) is 0 Å². The van der Waals surface area contributed by atoms with Crippen molar-refractivity contribution in [3.63, 3.8) is 0 Å².